The van der Waals surface area contributed by atoms with E-state index < -0.39 is 0 Å². The van der Waals surface area contributed by atoms with Crippen LogP contribution in [0.15, 0.2) is 18.2 Å². The molecule has 1 aromatic rings. The number of aryl methyl sites for hydroxylation is 1. The van der Waals surface area contributed by atoms with Crippen LogP contribution in [0.2, 0.25) is 5.02 Å². The highest BCUT2D eigenvalue weighted by Gasteiger charge is 2.29. The van der Waals surface area contributed by atoms with Gasteiger partial charge in [0, 0.05) is 19.0 Å². The van der Waals surface area contributed by atoms with E-state index >= 15 is 0 Å². The molecular formula is C14H19ClN2O2. The summed E-state index contributed by atoms with van der Waals surface area (Å²) in [6.45, 7) is 4.94. The number of hydrogen-bond donors (Lipinski definition) is 2. The summed E-state index contributed by atoms with van der Waals surface area (Å²) in [7, 11) is 0. The lowest BCUT2D eigenvalue weighted by molar-refractivity contribution is 0.130. The fourth-order valence-corrected chi connectivity index (χ4v) is 2.61. The number of aliphatic hydroxyl groups is 1. The summed E-state index contributed by atoms with van der Waals surface area (Å²) in [6, 6.07) is 5.36. The van der Waals surface area contributed by atoms with Gasteiger partial charge in [-0.1, -0.05) is 23.7 Å². The molecule has 1 saturated heterocycles. The van der Waals surface area contributed by atoms with E-state index in [9.17, 15) is 9.90 Å². The van der Waals surface area contributed by atoms with Crippen molar-refractivity contribution in [1.82, 2.24) is 4.90 Å². The van der Waals surface area contributed by atoms with Gasteiger partial charge >= 0.3 is 6.03 Å². The highest BCUT2D eigenvalue weighted by Crippen LogP contribution is 2.27. The molecule has 1 aromatic carbocycles. The van der Waals surface area contributed by atoms with Crippen molar-refractivity contribution >= 4 is 23.3 Å². The Balaban J connectivity index is 2.02. The number of aliphatic hydroxyl groups excluding tert-OH is 1. The Morgan fingerprint density at radius 3 is 2.89 bits per heavy atom. The van der Waals surface area contributed by atoms with Crippen LogP contribution in [-0.2, 0) is 0 Å². The summed E-state index contributed by atoms with van der Waals surface area (Å²) in [5.41, 5.74) is 1.60. The molecule has 2 amide bonds. The average Bonchev–Trinajstić information content (AvgIpc) is 2.83. The van der Waals surface area contributed by atoms with Crippen molar-refractivity contribution in [3.05, 3.63) is 28.8 Å². The zero-order chi connectivity index (χ0) is 14.0. The quantitative estimate of drug-likeness (QED) is 0.876. The van der Waals surface area contributed by atoms with Crippen molar-refractivity contribution in [2.24, 2.45) is 5.92 Å². The van der Waals surface area contributed by atoms with E-state index in [0.717, 1.165) is 12.0 Å². The van der Waals surface area contributed by atoms with E-state index in [1.54, 1.807) is 17.9 Å². The normalized spacial score (nSPS) is 20.4. The molecule has 1 heterocycles. The van der Waals surface area contributed by atoms with Gasteiger partial charge in [0.1, 0.15) is 0 Å². The van der Waals surface area contributed by atoms with Crippen LogP contribution in [0.5, 0.6) is 0 Å². The average molecular weight is 283 g/mol. The Bertz CT molecular complexity index is 456. The Morgan fingerprint density at radius 1 is 1.58 bits per heavy atom. The Labute approximate surface area is 118 Å². The minimum atomic E-state index is -0.375. The smallest absolute Gasteiger partial charge is 0.321 e. The number of nitrogens with one attached hydrogen (secondary N) is 1. The zero-order valence-corrected chi connectivity index (χ0v) is 11.9. The first kappa shape index (κ1) is 14.2. The van der Waals surface area contributed by atoms with Crippen molar-refractivity contribution < 1.29 is 9.90 Å². The van der Waals surface area contributed by atoms with Gasteiger partial charge in [0.2, 0.25) is 0 Å². The van der Waals surface area contributed by atoms with Gasteiger partial charge in [0.05, 0.1) is 16.8 Å². The lowest BCUT2D eigenvalue weighted by Gasteiger charge is -2.19. The van der Waals surface area contributed by atoms with Gasteiger partial charge in [-0.15, -0.1) is 0 Å². The van der Waals surface area contributed by atoms with Crippen LogP contribution in [0.3, 0.4) is 0 Å². The third-order valence-corrected chi connectivity index (χ3v) is 3.96. The number of carbonyl (C=O) groups excluding carboxylic acids is 1. The zero-order valence-electron chi connectivity index (χ0n) is 11.2. The number of halogens is 1. The molecule has 0 aliphatic carbocycles. The molecule has 0 bridgehead atoms. The molecule has 19 heavy (non-hydrogen) atoms. The van der Waals surface area contributed by atoms with Crippen LogP contribution in [0.1, 0.15) is 18.9 Å². The predicted molar refractivity (Wildman–Crippen MR) is 76.6 cm³/mol. The van der Waals surface area contributed by atoms with E-state index in [0.29, 0.717) is 23.8 Å². The van der Waals surface area contributed by atoms with Crippen molar-refractivity contribution in [1.29, 1.82) is 0 Å². The minimum absolute atomic E-state index is 0.153. The van der Waals surface area contributed by atoms with Crippen LogP contribution in [0.25, 0.3) is 0 Å². The molecule has 4 nitrogen and oxygen atoms in total. The molecule has 2 rings (SSSR count). The topological polar surface area (TPSA) is 52.6 Å². The second-order valence-electron chi connectivity index (χ2n) is 5.10. The molecule has 104 valence electrons. The summed E-state index contributed by atoms with van der Waals surface area (Å²) in [5.74, 6) is 0.165. The highest BCUT2D eigenvalue weighted by molar-refractivity contribution is 6.33. The standard InChI is InChI=1S/C14H19ClN2O2/c1-9-4-3-5-12(15)13(9)16-14(19)17-7-6-11(8-17)10(2)18/h3-5,10-11,18H,6-8H2,1-2H3,(H,16,19)/t10-,11+/m0/s1. The van der Waals surface area contributed by atoms with Gasteiger partial charge in [-0.2, -0.15) is 0 Å². The largest absolute Gasteiger partial charge is 0.393 e. The third kappa shape index (κ3) is 3.19. The second kappa shape index (κ2) is 5.80. The summed E-state index contributed by atoms with van der Waals surface area (Å²) in [4.78, 5) is 13.9. The van der Waals surface area contributed by atoms with E-state index in [1.165, 1.54) is 0 Å². The van der Waals surface area contributed by atoms with Crippen LogP contribution in [0, 0.1) is 12.8 Å². The fourth-order valence-electron chi connectivity index (χ4n) is 2.34. The lowest BCUT2D eigenvalue weighted by atomic mass is 10.0. The molecule has 0 aromatic heterocycles. The maximum Gasteiger partial charge on any atom is 0.321 e. The number of likely N-dealkylation sites (tertiary alicyclic amines) is 1. The first-order valence-electron chi connectivity index (χ1n) is 6.48. The lowest BCUT2D eigenvalue weighted by Crippen LogP contribution is -2.34. The molecule has 1 aliphatic rings. The third-order valence-electron chi connectivity index (χ3n) is 3.65. The molecule has 2 atom stereocenters. The summed E-state index contributed by atoms with van der Waals surface area (Å²) in [6.07, 6.45) is 0.465. The number of benzene rings is 1. The number of anilines is 1. The van der Waals surface area contributed by atoms with Gasteiger partial charge in [0.15, 0.2) is 0 Å². The summed E-state index contributed by atoms with van der Waals surface area (Å²) < 4.78 is 0. The van der Waals surface area contributed by atoms with E-state index in [1.807, 2.05) is 19.1 Å². The van der Waals surface area contributed by atoms with E-state index in [4.69, 9.17) is 11.6 Å². The molecular weight excluding hydrogens is 264 g/mol. The van der Waals surface area contributed by atoms with Gasteiger partial charge in [-0.3, -0.25) is 0 Å². The van der Waals surface area contributed by atoms with Gasteiger partial charge in [0.25, 0.3) is 0 Å². The molecule has 5 heteroatoms. The number of nitrogens with zero attached hydrogens (tertiary/aromatic N) is 1. The predicted octanol–water partition coefficient (Wildman–Crippen LogP) is 2.88. The van der Waals surface area contributed by atoms with Crippen molar-refractivity contribution in [2.45, 2.75) is 26.4 Å². The number of amides is 2. The van der Waals surface area contributed by atoms with E-state index in [-0.39, 0.29) is 18.1 Å². The molecule has 0 spiro atoms. The maximum atomic E-state index is 12.2. The van der Waals surface area contributed by atoms with Gasteiger partial charge in [-0.05, 0) is 31.9 Å². The number of urea groups is 1. The van der Waals surface area contributed by atoms with Crippen LogP contribution >= 0.6 is 11.6 Å². The Kier molecular flexibility index (Phi) is 4.32. The maximum absolute atomic E-state index is 12.2. The van der Waals surface area contributed by atoms with Gasteiger partial charge in [-0.25, -0.2) is 4.79 Å². The van der Waals surface area contributed by atoms with Crippen molar-refractivity contribution in [2.75, 3.05) is 18.4 Å². The van der Waals surface area contributed by atoms with Crippen LogP contribution in [0.4, 0.5) is 10.5 Å². The first-order chi connectivity index (χ1) is 8.99. The number of hydrogen-bond acceptors (Lipinski definition) is 2. The monoisotopic (exact) mass is 282 g/mol. The van der Waals surface area contributed by atoms with Gasteiger partial charge < -0.3 is 15.3 Å². The molecule has 2 N–H and O–H groups in total. The summed E-state index contributed by atoms with van der Waals surface area (Å²) >= 11 is 6.09. The SMILES string of the molecule is Cc1cccc(Cl)c1NC(=O)N1CC[C@@H]([C@H](C)O)C1. The first-order valence-corrected chi connectivity index (χ1v) is 6.86. The summed E-state index contributed by atoms with van der Waals surface area (Å²) in [5, 5.41) is 12.9. The Hall–Kier alpha value is -1.26. The minimum Gasteiger partial charge on any atom is -0.393 e. The molecule has 1 fully saturated rings. The van der Waals surface area contributed by atoms with Crippen molar-refractivity contribution in [3.63, 3.8) is 0 Å². The van der Waals surface area contributed by atoms with Crippen LogP contribution < -0.4 is 5.32 Å². The molecule has 0 unspecified atom stereocenters. The van der Waals surface area contributed by atoms with Crippen LogP contribution in [-0.4, -0.2) is 35.2 Å². The molecule has 1 aliphatic heterocycles. The Morgan fingerprint density at radius 2 is 2.32 bits per heavy atom. The fraction of sp³-hybridized carbons (Fsp3) is 0.500. The number of para-hydroxylation sites is 1. The number of rotatable bonds is 2. The van der Waals surface area contributed by atoms with E-state index in [2.05, 4.69) is 5.32 Å². The highest BCUT2D eigenvalue weighted by atomic mass is 35.5. The molecule has 0 radical (unpaired) electrons. The second-order valence-corrected chi connectivity index (χ2v) is 5.50. The van der Waals surface area contributed by atoms with Crippen molar-refractivity contribution in [3.8, 4) is 0 Å². The molecule has 0 saturated carbocycles. The number of carbonyl (C=O) groups is 1.